The molecule has 0 saturated carbocycles. The van der Waals surface area contributed by atoms with Gasteiger partial charge in [-0.15, -0.1) is 33.8 Å². The maximum absolute atomic E-state index is 5.12. The van der Waals surface area contributed by atoms with Crippen molar-refractivity contribution in [3.8, 4) is 28.1 Å². The summed E-state index contributed by atoms with van der Waals surface area (Å²) in [6.45, 7) is 16.7. The second-order valence-corrected chi connectivity index (χ2v) is 20.6. The predicted octanol–water partition coefficient (Wildman–Crippen LogP) is 15.7. The van der Waals surface area contributed by atoms with Gasteiger partial charge in [-0.1, -0.05) is 181 Å². The van der Waals surface area contributed by atoms with Crippen molar-refractivity contribution < 1.29 is 21.1 Å². The van der Waals surface area contributed by atoms with E-state index >= 15 is 0 Å². The van der Waals surface area contributed by atoms with Gasteiger partial charge in [0, 0.05) is 56.1 Å². The van der Waals surface area contributed by atoms with Gasteiger partial charge >= 0.3 is 0 Å². The Morgan fingerprint density at radius 3 is 1.86 bits per heavy atom. The zero-order valence-corrected chi connectivity index (χ0v) is 42.1. The van der Waals surface area contributed by atoms with E-state index in [2.05, 4.69) is 263 Å². The summed E-state index contributed by atoms with van der Waals surface area (Å²) in [5, 5.41) is 2.35. The fourth-order valence-electron chi connectivity index (χ4n) is 10.8. The molecule has 0 bridgehead atoms. The van der Waals surface area contributed by atoms with Crippen molar-refractivity contribution >= 4 is 38.9 Å². The molecule has 10 aromatic rings. The standard InChI is InChI=1S/C64H53N4.Pt/c1-62(2,3)46-30-32-57-54(38-46)53-31-29-48(39-60(53)68(57)61-40-47(33-34-65-61)63(4,5)6)64(55-25-15-13-23-51(55)52-24-14-16-26-56(52)64)49-35-45(44-21-11-8-12-22-44)36-50(37-49)67-42-66(41-43-19-9-7-10-20-43)58-27-17-18-28-59(58)67;/h7-36,38,40,42H,41H2,1-6H3;/q-3;. The van der Waals surface area contributed by atoms with Crippen LogP contribution in [0.25, 0.3) is 49.9 Å². The molecule has 0 N–H and O–H groups in total. The van der Waals surface area contributed by atoms with E-state index in [0.717, 1.165) is 68.1 Å². The molecule has 69 heavy (non-hydrogen) atoms. The third-order valence-corrected chi connectivity index (χ3v) is 14.3. The van der Waals surface area contributed by atoms with Gasteiger partial charge in [-0.25, -0.2) is 4.98 Å². The molecule has 1 aliphatic heterocycles. The van der Waals surface area contributed by atoms with Crippen molar-refractivity contribution in [3.05, 3.63) is 252 Å². The normalized spacial score (nSPS) is 13.9. The van der Waals surface area contributed by atoms with Crippen LogP contribution in [0.5, 0.6) is 0 Å². The van der Waals surface area contributed by atoms with Crippen LogP contribution in [0.2, 0.25) is 0 Å². The van der Waals surface area contributed by atoms with Gasteiger partial charge in [0.15, 0.2) is 0 Å². The molecule has 2 aromatic heterocycles. The van der Waals surface area contributed by atoms with Crippen molar-refractivity contribution in [2.45, 2.75) is 64.3 Å². The number of pyridine rings is 1. The Morgan fingerprint density at radius 2 is 1.16 bits per heavy atom. The molecule has 0 fully saturated rings. The van der Waals surface area contributed by atoms with Crippen LogP contribution in [-0.4, -0.2) is 9.55 Å². The van der Waals surface area contributed by atoms with Crippen LogP contribution in [0.15, 0.2) is 194 Å². The first-order valence-electron chi connectivity index (χ1n) is 23.8. The number of fused-ring (bicyclic) bond motifs is 7. The molecule has 1 aliphatic carbocycles. The second-order valence-electron chi connectivity index (χ2n) is 20.6. The van der Waals surface area contributed by atoms with Gasteiger partial charge in [-0.3, -0.25) is 0 Å². The van der Waals surface area contributed by atoms with E-state index in [4.69, 9.17) is 4.98 Å². The number of hydrogen-bond donors (Lipinski definition) is 0. The van der Waals surface area contributed by atoms with E-state index in [-0.39, 0.29) is 31.9 Å². The van der Waals surface area contributed by atoms with Crippen LogP contribution in [0.4, 0.5) is 17.1 Å². The van der Waals surface area contributed by atoms with Crippen molar-refractivity contribution in [3.63, 3.8) is 0 Å². The maximum Gasteiger partial charge on any atom is 0.135 e. The Hall–Kier alpha value is -7.00. The molecule has 0 radical (unpaired) electrons. The van der Waals surface area contributed by atoms with E-state index < -0.39 is 5.41 Å². The summed E-state index contributed by atoms with van der Waals surface area (Å²) in [5.74, 6) is 0.888. The monoisotopic (exact) mass is 1070 g/mol. The largest absolute Gasteiger partial charge is 0.498 e. The van der Waals surface area contributed by atoms with Crippen LogP contribution in [0, 0.1) is 18.8 Å². The van der Waals surface area contributed by atoms with Gasteiger partial charge in [0.1, 0.15) is 5.82 Å². The Bertz CT molecular complexity index is 3510. The summed E-state index contributed by atoms with van der Waals surface area (Å²) in [7, 11) is 0. The van der Waals surface area contributed by atoms with Crippen molar-refractivity contribution in [2.75, 3.05) is 9.80 Å². The van der Waals surface area contributed by atoms with Gasteiger partial charge in [0.25, 0.3) is 0 Å². The second kappa shape index (κ2) is 16.9. The number of rotatable bonds is 7. The minimum absolute atomic E-state index is 0. The Kier molecular flexibility index (Phi) is 10.9. The molecule has 4 nitrogen and oxygen atoms in total. The van der Waals surface area contributed by atoms with Crippen molar-refractivity contribution in [2.24, 2.45) is 0 Å². The molecule has 0 spiro atoms. The summed E-state index contributed by atoms with van der Waals surface area (Å²) >= 11 is 0. The summed E-state index contributed by atoms with van der Waals surface area (Å²) in [6, 6.07) is 77.4. The van der Waals surface area contributed by atoms with E-state index in [1.165, 1.54) is 44.3 Å². The topological polar surface area (TPSA) is 24.3 Å². The summed E-state index contributed by atoms with van der Waals surface area (Å²) < 4.78 is 2.35. The smallest absolute Gasteiger partial charge is 0.135 e. The SMILES string of the molecule is CC(C)(C)c1ccnc(-n2c3[c-]c(C4(c5[c-]c(N6[CH-]N(Cc7ccccc7)c7ccccc76)cc(-c6ccccc6)c5)c5ccccc5-c5ccccc54)ccc3c3cc(C(C)(C)C)ccc32)c1.[Pt]. The molecule has 2 aliphatic rings. The van der Waals surface area contributed by atoms with E-state index in [9.17, 15) is 0 Å². The summed E-state index contributed by atoms with van der Waals surface area (Å²) in [5.41, 5.74) is 17.5. The molecular weight excluding hydrogens is 1020 g/mol. The van der Waals surface area contributed by atoms with Gasteiger partial charge in [-0.05, 0) is 91.1 Å². The molecule has 12 rings (SSSR count). The number of aromatic nitrogens is 2. The first kappa shape index (κ1) is 44.5. The number of para-hydroxylation sites is 2. The van der Waals surface area contributed by atoms with E-state index in [0.29, 0.717) is 0 Å². The number of nitrogens with zero attached hydrogens (tertiary/aromatic N) is 4. The van der Waals surface area contributed by atoms with Crippen LogP contribution < -0.4 is 9.80 Å². The first-order chi connectivity index (χ1) is 33.0. The zero-order chi connectivity index (χ0) is 46.4. The van der Waals surface area contributed by atoms with Gasteiger partial charge in [0.2, 0.25) is 0 Å². The van der Waals surface area contributed by atoms with Crippen molar-refractivity contribution in [1.82, 2.24) is 9.55 Å². The number of benzene rings is 8. The van der Waals surface area contributed by atoms with Gasteiger partial charge < -0.3 is 14.4 Å². The summed E-state index contributed by atoms with van der Waals surface area (Å²) in [4.78, 5) is 9.81. The molecule has 0 atom stereocenters. The third kappa shape index (κ3) is 7.35. The van der Waals surface area contributed by atoms with Crippen LogP contribution >= 0.6 is 0 Å². The third-order valence-electron chi connectivity index (χ3n) is 14.3. The van der Waals surface area contributed by atoms with E-state index in [1.54, 1.807) is 0 Å². The van der Waals surface area contributed by atoms with E-state index in [1.807, 2.05) is 6.20 Å². The molecule has 0 unspecified atom stereocenters. The average molecular weight is 1070 g/mol. The Labute approximate surface area is 421 Å². The minimum atomic E-state index is -0.803. The molecule has 0 amide bonds. The molecule has 0 saturated heterocycles. The Balaban J connectivity index is 0.00000520. The Morgan fingerprint density at radius 1 is 0.536 bits per heavy atom. The fraction of sp³-hybridized carbons (Fsp3) is 0.156. The zero-order valence-electron chi connectivity index (χ0n) is 39.9. The van der Waals surface area contributed by atoms with Crippen molar-refractivity contribution in [1.29, 1.82) is 0 Å². The van der Waals surface area contributed by atoms with Gasteiger partial charge in [0.05, 0.1) is 0 Å². The maximum atomic E-state index is 5.12. The molecular formula is C64H53N4Pt-3. The average Bonchev–Trinajstić information content (AvgIpc) is 4.00. The summed E-state index contributed by atoms with van der Waals surface area (Å²) in [6.07, 6.45) is 1.96. The molecule has 8 aromatic carbocycles. The predicted molar refractivity (Wildman–Crippen MR) is 282 cm³/mol. The number of hydrogen-bond acceptors (Lipinski definition) is 3. The minimum Gasteiger partial charge on any atom is -0.498 e. The molecule has 5 heteroatoms. The van der Waals surface area contributed by atoms with Crippen LogP contribution in [0.1, 0.15) is 80.5 Å². The van der Waals surface area contributed by atoms with Crippen LogP contribution in [0.3, 0.4) is 0 Å². The van der Waals surface area contributed by atoms with Gasteiger partial charge in [-0.2, -0.15) is 37.0 Å². The van der Waals surface area contributed by atoms with Crippen LogP contribution in [-0.2, 0) is 43.9 Å². The fourth-order valence-corrected chi connectivity index (χ4v) is 10.8. The molecule has 3 heterocycles. The quantitative estimate of drug-likeness (QED) is 0.149. The first-order valence-corrected chi connectivity index (χ1v) is 23.8. The molecule has 342 valence electrons. The number of anilines is 3.